The molecule has 8 aromatic rings. The fourth-order valence-corrected chi connectivity index (χ4v) is 9.95. The summed E-state index contributed by atoms with van der Waals surface area (Å²) in [7, 11) is 0. The Morgan fingerprint density at radius 1 is 0.574 bits per heavy atom. The summed E-state index contributed by atoms with van der Waals surface area (Å²) >= 11 is 0. The Bertz CT molecular complexity index is 2880. The first kappa shape index (κ1) is 29.9. The van der Waals surface area contributed by atoms with Crippen LogP contribution in [0, 0.1) is 0 Å². The van der Waals surface area contributed by atoms with Crippen molar-refractivity contribution in [1.82, 2.24) is 24.5 Å². The van der Waals surface area contributed by atoms with E-state index in [4.69, 9.17) is 0 Å². The highest BCUT2D eigenvalue weighted by Gasteiger charge is 2.43. The van der Waals surface area contributed by atoms with Gasteiger partial charge in [0.15, 0.2) is 11.6 Å². The van der Waals surface area contributed by atoms with Crippen LogP contribution in [0.4, 0.5) is 11.4 Å². The van der Waals surface area contributed by atoms with E-state index in [1.807, 2.05) is 36.9 Å². The summed E-state index contributed by atoms with van der Waals surface area (Å²) in [5.41, 5.74) is 18.8. The standard InChI is InChI=1S/C48H34N6/c1-3-9-33(10-4-1)53-41-19-15-31(47-49-21-7-22-50-47)27-37(41)39-25-29-14-18-36-44-30(13-17-35(43(29)44)45(39)53)26-40-38-28-32(48-51-23-8-24-52-48)16-20-42(38)54(46(36)40)34-11-5-2-6-12-34/h1-12,15-16,19-28,37,41H,13-14,17-18H2. The van der Waals surface area contributed by atoms with Crippen molar-refractivity contribution in [2.45, 2.75) is 37.6 Å². The maximum atomic E-state index is 4.62. The highest BCUT2D eigenvalue weighted by Crippen LogP contribution is 2.57. The molecule has 5 aromatic carbocycles. The van der Waals surface area contributed by atoms with Crippen LogP contribution in [0.25, 0.3) is 55.6 Å². The molecule has 0 N–H and O–H groups in total. The van der Waals surface area contributed by atoms with Gasteiger partial charge in [0.25, 0.3) is 0 Å². The lowest BCUT2D eigenvalue weighted by molar-refractivity contribution is 0.744. The number of allylic oxidation sites excluding steroid dienone is 2. The quantitative estimate of drug-likeness (QED) is 0.184. The minimum atomic E-state index is 0.182. The topological polar surface area (TPSA) is 59.7 Å². The molecule has 2 unspecified atom stereocenters. The molecule has 6 nitrogen and oxygen atoms in total. The summed E-state index contributed by atoms with van der Waals surface area (Å²) in [6.07, 6.45) is 18.4. The molecule has 4 aliphatic rings. The van der Waals surface area contributed by atoms with Gasteiger partial charge in [-0.15, -0.1) is 0 Å². The molecule has 54 heavy (non-hydrogen) atoms. The first-order chi connectivity index (χ1) is 26.8. The van der Waals surface area contributed by atoms with Gasteiger partial charge in [0, 0.05) is 69.7 Å². The SMILES string of the molecule is C1=CC2C(C=C1c1ncccn1)c1cc3c4c(c1N2c1ccccc1)CCc1cc2c5cc(-c6ncccn6)ccc5n(-c5ccccc5)c2c(c1-4)CC3. The Labute approximate surface area is 312 Å². The number of nitrogens with zero attached hydrogens (tertiary/aromatic N) is 6. The van der Waals surface area contributed by atoms with Crippen LogP contribution in [0.15, 0.2) is 146 Å². The van der Waals surface area contributed by atoms with Crippen LogP contribution < -0.4 is 4.90 Å². The zero-order chi connectivity index (χ0) is 35.3. The Morgan fingerprint density at radius 3 is 2.00 bits per heavy atom. The number of aromatic nitrogens is 5. The minimum absolute atomic E-state index is 0.182. The summed E-state index contributed by atoms with van der Waals surface area (Å²) in [6, 6.07) is 37.6. The van der Waals surface area contributed by atoms with Crippen LogP contribution in [0.5, 0.6) is 0 Å². The molecule has 0 fully saturated rings. The molecule has 2 atom stereocenters. The number of para-hydroxylation sites is 2. The van der Waals surface area contributed by atoms with E-state index < -0.39 is 0 Å². The molecular weight excluding hydrogens is 661 g/mol. The van der Waals surface area contributed by atoms with Gasteiger partial charge < -0.3 is 9.47 Å². The molecule has 4 heterocycles. The zero-order valence-electron chi connectivity index (χ0n) is 29.5. The lowest BCUT2D eigenvalue weighted by Gasteiger charge is -2.35. The maximum Gasteiger partial charge on any atom is 0.159 e. The van der Waals surface area contributed by atoms with Gasteiger partial charge in [-0.05, 0) is 125 Å². The fourth-order valence-electron chi connectivity index (χ4n) is 9.95. The largest absolute Gasteiger partial charge is 0.333 e. The van der Waals surface area contributed by atoms with E-state index >= 15 is 0 Å². The minimum Gasteiger partial charge on any atom is -0.333 e. The van der Waals surface area contributed by atoms with Gasteiger partial charge in [0.1, 0.15) is 0 Å². The van der Waals surface area contributed by atoms with Crippen LogP contribution in [0.3, 0.4) is 0 Å². The first-order valence-electron chi connectivity index (χ1n) is 19.0. The molecule has 1 aliphatic heterocycles. The Hall–Kier alpha value is -6.66. The van der Waals surface area contributed by atoms with Crippen molar-refractivity contribution in [2.75, 3.05) is 4.90 Å². The second-order valence-electron chi connectivity index (χ2n) is 14.9. The van der Waals surface area contributed by atoms with E-state index in [1.54, 1.807) is 0 Å². The van der Waals surface area contributed by atoms with Crippen molar-refractivity contribution >= 4 is 38.8 Å². The van der Waals surface area contributed by atoms with E-state index in [1.165, 1.54) is 77.8 Å². The highest BCUT2D eigenvalue weighted by atomic mass is 15.2. The number of hydrogen-bond acceptors (Lipinski definition) is 5. The highest BCUT2D eigenvalue weighted by molar-refractivity contribution is 6.14. The van der Waals surface area contributed by atoms with Crippen LogP contribution >= 0.6 is 0 Å². The lowest BCUT2D eigenvalue weighted by Crippen LogP contribution is -2.29. The molecule has 0 radical (unpaired) electrons. The van der Waals surface area contributed by atoms with Gasteiger partial charge in [-0.2, -0.15) is 0 Å². The fraction of sp³-hybridized carbons (Fsp3) is 0.125. The monoisotopic (exact) mass is 694 g/mol. The number of benzene rings is 5. The maximum absolute atomic E-state index is 4.62. The third-order valence-electron chi connectivity index (χ3n) is 12.1. The van der Waals surface area contributed by atoms with Crippen LogP contribution in [0.1, 0.15) is 39.6 Å². The number of hydrogen-bond donors (Lipinski definition) is 0. The van der Waals surface area contributed by atoms with Crippen LogP contribution in [-0.2, 0) is 25.7 Å². The first-order valence-corrected chi connectivity index (χ1v) is 19.0. The third-order valence-corrected chi connectivity index (χ3v) is 12.1. The van der Waals surface area contributed by atoms with E-state index in [9.17, 15) is 0 Å². The van der Waals surface area contributed by atoms with Gasteiger partial charge in [-0.1, -0.05) is 60.7 Å². The summed E-state index contributed by atoms with van der Waals surface area (Å²) in [5, 5.41) is 2.57. The van der Waals surface area contributed by atoms with Crippen LogP contribution in [0.2, 0.25) is 0 Å². The van der Waals surface area contributed by atoms with E-state index in [-0.39, 0.29) is 12.0 Å². The Morgan fingerprint density at radius 2 is 1.24 bits per heavy atom. The number of fused-ring (bicyclic) bond motifs is 8. The molecule has 0 amide bonds. The molecule has 0 bridgehead atoms. The molecule has 0 saturated heterocycles. The number of aryl methyl sites for hydroxylation is 3. The second kappa shape index (κ2) is 11.4. The summed E-state index contributed by atoms with van der Waals surface area (Å²) in [6.45, 7) is 0. The molecular formula is C48H34N6. The molecule has 3 aromatic heterocycles. The van der Waals surface area contributed by atoms with E-state index in [0.29, 0.717) is 0 Å². The van der Waals surface area contributed by atoms with E-state index in [2.05, 4.69) is 139 Å². The summed E-state index contributed by atoms with van der Waals surface area (Å²) in [4.78, 5) is 21.1. The van der Waals surface area contributed by atoms with Crippen molar-refractivity contribution in [3.05, 3.63) is 180 Å². The number of anilines is 2. The Balaban J connectivity index is 1.12. The van der Waals surface area contributed by atoms with Gasteiger partial charge in [0.2, 0.25) is 0 Å². The molecule has 6 heteroatoms. The Kier molecular flexibility index (Phi) is 6.32. The lowest BCUT2D eigenvalue weighted by atomic mass is 9.72. The smallest absolute Gasteiger partial charge is 0.159 e. The number of rotatable bonds is 4. The molecule has 12 rings (SSSR count). The van der Waals surface area contributed by atoms with Crippen molar-refractivity contribution in [2.24, 2.45) is 0 Å². The van der Waals surface area contributed by atoms with Gasteiger partial charge in [0.05, 0.1) is 17.1 Å². The zero-order valence-corrected chi connectivity index (χ0v) is 29.5. The summed E-state index contributed by atoms with van der Waals surface area (Å²) < 4.78 is 2.51. The molecule has 0 spiro atoms. The third kappa shape index (κ3) is 4.22. The van der Waals surface area contributed by atoms with Crippen LogP contribution in [-0.4, -0.2) is 30.5 Å². The average Bonchev–Trinajstić information content (AvgIpc) is 3.75. The van der Waals surface area contributed by atoms with Crippen molar-refractivity contribution in [1.29, 1.82) is 0 Å². The van der Waals surface area contributed by atoms with E-state index in [0.717, 1.165) is 48.5 Å². The van der Waals surface area contributed by atoms with Gasteiger partial charge >= 0.3 is 0 Å². The molecule has 3 aliphatic carbocycles. The predicted octanol–water partition coefficient (Wildman–Crippen LogP) is 10.2. The summed E-state index contributed by atoms with van der Waals surface area (Å²) in [5.74, 6) is 1.74. The molecule has 0 saturated carbocycles. The second-order valence-corrected chi connectivity index (χ2v) is 14.9. The normalized spacial score (nSPS) is 17.7. The van der Waals surface area contributed by atoms with Crippen molar-refractivity contribution in [3.63, 3.8) is 0 Å². The van der Waals surface area contributed by atoms with Crippen molar-refractivity contribution in [3.8, 4) is 28.2 Å². The average molecular weight is 695 g/mol. The van der Waals surface area contributed by atoms with Gasteiger partial charge in [-0.3, -0.25) is 0 Å². The van der Waals surface area contributed by atoms with Gasteiger partial charge in [-0.25, -0.2) is 19.9 Å². The predicted molar refractivity (Wildman–Crippen MR) is 216 cm³/mol. The van der Waals surface area contributed by atoms with Crippen molar-refractivity contribution < 1.29 is 0 Å². The molecule has 256 valence electrons.